The molecule has 0 aliphatic heterocycles. The van der Waals surface area contributed by atoms with Gasteiger partial charge >= 0.3 is 0 Å². The van der Waals surface area contributed by atoms with Gasteiger partial charge in [0.25, 0.3) is 0 Å². The molecule has 2 atom stereocenters. The molecule has 0 aromatic rings. The molecule has 0 N–H and O–H groups in total. The Bertz CT molecular complexity index is 164. The van der Waals surface area contributed by atoms with Gasteiger partial charge in [0.15, 0.2) is 0 Å². The molecular weight excluding hydrogens is 216 g/mol. The number of hydrogen-bond donors (Lipinski definition) is 0. The first-order valence-corrected chi connectivity index (χ1v) is 8.68. The molecule has 2 unspecified atom stereocenters. The van der Waals surface area contributed by atoms with Gasteiger partial charge in [0.05, 0.1) is 0 Å². The molecule has 108 valence electrons. The Morgan fingerprint density at radius 3 is 1.06 bits per heavy atom. The molecule has 0 amide bonds. The van der Waals surface area contributed by atoms with Crippen LogP contribution in [0.4, 0.5) is 0 Å². The van der Waals surface area contributed by atoms with Crippen molar-refractivity contribution in [2.24, 2.45) is 17.8 Å². The van der Waals surface area contributed by atoms with E-state index in [0.717, 1.165) is 17.8 Å². The molecule has 0 saturated heterocycles. The zero-order chi connectivity index (χ0) is 13.2. The van der Waals surface area contributed by atoms with E-state index in [9.17, 15) is 0 Å². The van der Waals surface area contributed by atoms with Crippen LogP contribution in [0.25, 0.3) is 0 Å². The lowest BCUT2D eigenvalue weighted by atomic mass is 9.89. The predicted molar refractivity (Wildman–Crippen MR) is 82.9 cm³/mol. The predicted octanol–water partition coefficient (Wildman–Crippen LogP) is 6.59. The van der Waals surface area contributed by atoms with Gasteiger partial charge in [-0.3, -0.25) is 0 Å². The fourth-order valence-corrected chi connectivity index (χ4v) is 3.26. The van der Waals surface area contributed by atoms with Crippen molar-refractivity contribution in [3.63, 3.8) is 0 Å². The minimum absolute atomic E-state index is 0.958. The van der Waals surface area contributed by atoms with Gasteiger partial charge in [0.2, 0.25) is 0 Å². The quantitative estimate of drug-likeness (QED) is 0.456. The van der Waals surface area contributed by atoms with Gasteiger partial charge in [-0.25, -0.2) is 0 Å². The first kappa shape index (κ1) is 16.1. The van der Waals surface area contributed by atoms with Crippen LogP contribution in [0.2, 0.25) is 0 Å². The van der Waals surface area contributed by atoms with E-state index >= 15 is 0 Å². The molecule has 0 bridgehead atoms. The maximum atomic E-state index is 2.47. The van der Waals surface area contributed by atoms with Crippen molar-refractivity contribution >= 4 is 0 Å². The van der Waals surface area contributed by atoms with Gasteiger partial charge in [-0.1, -0.05) is 97.8 Å². The number of rotatable bonds is 0. The van der Waals surface area contributed by atoms with Crippen molar-refractivity contribution in [1.82, 2.24) is 0 Å². The normalized spacial score (nSPS) is 34.5. The molecule has 0 aromatic heterocycles. The van der Waals surface area contributed by atoms with E-state index < -0.39 is 0 Å². The van der Waals surface area contributed by atoms with Gasteiger partial charge in [0.1, 0.15) is 0 Å². The largest absolute Gasteiger partial charge is 0.0625 e. The minimum Gasteiger partial charge on any atom is -0.0625 e. The summed E-state index contributed by atoms with van der Waals surface area (Å²) in [7, 11) is 0. The van der Waals surface area contributed by atoms with Crippen molar-refractivity contribution in [2.45, 2.75) is 97.8 Å². The number of hydrogen-bond acceptors (Lipinski definition) is 0. The molecule has 0 heteroatoms. The molecule has 0 radical (unpaired) electrons. The topological polar surface area (TPSA) is 0 Å². The van der Waals surface area contributed by atoms with Crippen molar-refractivity contribution in [1.29, 1.82) is 0 Å². The van der Waals surface area contributed by atoms with Crippen LogP contribution in [0.5, 0.6) is 0 Å². The maximum absolute atomic E-state index is 2.47. The van der Waals surface area contributed by atoms with Gasteiger partial charge in [0, 0.05) is 0 Å². The Morgan fingerprint density at radius 1 is 0.389 bits per heavy atom. The van der Waals surface area contributed by atoms with Crippen molar-refractivity contribution in [2.75, 3.05) is 0 Å². The summed E-state index contributed by atoms with van der Waals surface area (Å²) in [6.07, 6.45) is 17.7. The molecular formula is C18H36. The zero-order valence-corrected chi connectivity index (χ0v) is 13.2. The zero-order valence-electron chi connectivity index (χ0n) is 13.2. The molecule has 0 heterocycles. The fraction of sp³-hybridized carbons (Fsp3) is 1.00. The molecule has 1 aliphatic rings. The third-order valence-electron chi connectivity index (χ3n) is 4.95. The third-order valence-corrected chi connectivity index (χ3v) is 4.95. The van der Waals surface area contributed by atoms with Crippen molar-refractivity contribution in [3.8, 4) is 0 Å². The minimum atomic E-state index is 0.958. The van der Waals surface area contributed by atoms with Gasteiger partial charge in [-0.05, 0) is 17.8 Å². The van der Waals surface area contributed by atoms with Gasteiger partial charge in [-0.2, -0.15) is 0 Å². The molecule has 1 saturated carbocycles. The first-order chi connectivity index (χ1) is 8.68. The summed E-state index contributed by atoms with van der Waals surface area (Å²) in [5, 5.41) is 0. The molecule has 1 rings (SSSR count). The molecule has 18 heavy (non-hydrogen) atoms. The van der Waals surface area contributed by atoms with E-state index in [2.05, 4.69) is 20.8 Å². The first-order valence-electron chi connectivity index (χ1n) is 8.68. The monoisotopic (exact) mass is 252 g/mol. The second-order valence-corrected chi connectivity index (χ2v) is 7.17. The highest BCUT2D eigenvalue weighted by molar-refractivity contribution is 4.63. The van der Waals surface area contributed by atoms with Crippen molar-refractivity contribution in [3.05, 3.63) is 0 Å². The third kappa shape index (κ3) is 8.16. The summed E-state index contributed by atoms with van der Waals surface area (Å²) < 4.78 is 0. The molecule has 1 fully saturated rings. The van der Waals surface area contributed by atoms with Crippen LogP contribution in [0.15, 0.2) is 0 Å². The second-order valence-electron chi connectivity index (χ2n) is 7.17. The van der Waals surface area contributed by atoms with E-state index in [1.54, 1.807) is 0 Å². The van der Waals surface area contributed by atoms with Crippen LogP contribution in [0, 0.1) is 17.8 Å². The summed E-state index contributed by atoms with van der Waals surface area (Å²) in [5.74, 6) is 2.89. The van der Waals surface area contributed by atoms with E-state index in [4.69, 9.17) is 0 Å². The molecule has 0 aromatic carbocycles. The van der Waals surface area contributed by atoms with Crippen LogP contribution in [0.1, 0.15) is 97.8 Å². The summed E-state index contributed by atoms with van der Waals surface area (Å²) in [6.45, 7) is 7.40. The smallest absolute Gasteiger partial charge is 0.0443 e. The Labute approximate surface area is 116 Å². The van der Waals surface area contributed by atoms with Crippen LogP contribution >= 0.6 is 0 Å². The SMILES string of the molecule is CC1CCCCCCCCC(C)CCC(C)CC1. The molecule has 0 spiro atoms. The van der Waals surface area contributed by atoms with E-state index in [1.165, 1.54) is 77.0 Å². The lowest BCUT2D eigenvalue weighted by Crippen LogP contribution is -2.03. The molecule has 1 aliphatic carbocycles. The Balaban J connectivity index is 2.29. The highest BCUT2D eigenvalue weighted by atomic mass is 14.2. The van der Waals surface area contributed by atoms with Gasteiger partial charge < -0.3 is 0 Å². The van der Waals surface area contributed by atoms with E-state index in [0.29, 0.717) is 0 Å². The Morgan fingerprint density at radius 2 is 0.667 bits per heavy atom. The Hall–Kier alpha value is 0. The summed E-state index contributed by atoms with van der Waals surface area (Å²) in [4.78, 5) is 0. The standard InChI is InChI=1S/C18H36/c1-16-10-8-6-4-5-7-9-11-17(2)13-15-18(3)14-12-16/h16-18H,4-15H2,1-3H3. The molecule has 0 nitrogen and oxygen atoms in total. The van der Waals surface area contributed by atoms with Crippen LogP contribution < -0.4 is 0 Å². The highest BCUT2D eigenvalue weighted by Crippen LogP contribution is 2.25. The second kappa shape index (κ2) is 9.87. The highest BCUT2D eigenvalue weighted by Gasteiger charge is 2.10. The van der Waals surface area contributed by atoms with E-state index in [1.807, 2.05) is 0 Å². The average Bonchev–Trinajstić information content (AvgIpc) is 2.36. The van der Waals surface area contributed by atoms with Crippen molar-refractivity contribution < 1.29 is 0 Å². The van der Waals surface area contributed by atoms with Crippen LogP contribution in [-0.2, 0) is 0 Å². The maximum Gasteiger partial charge on any atom is -0.0443 e. The summed E-state index contributed by atoms with van der Waals surface area (Å²) >= 11 is 0. The average molecular weight is 252 g/mol. The Kier molecular flexibility index (Phi) is 8.80. The summed E-state index contributed by atoms with van der Waals surface area (Å²) in [6, 6.07) is 0. The van der Waals surface area contributed by atoms with Crippen LogP contribution in [0.3, 0.4) is 0 Å². The van der Waals surface area contributed by atoms with E-state index in [-0.39, 0.29) is 0 Å². The summed E-state index contributed by atoms with van der Waals surface area (Å²) in [5.41, 5.74) is 0. The fourth-order valence-electron chi connectivity index (χ4n) is 3.26. The lowest BCUT2D eigenvalue weighted by molar-refractivity contribution is 0.356. The lowest BCUT2D eigenvalue weighted by Gasteiger charge is -2.17. The van der Waals surface area contributed by atoms with Gasteiger partial charge in [-0.15, -0.1) is 0 Å². The van der Waals surface area contributed by atoms with Crippen LogP contribution in [-0.4, -0.2) is 0 Å².